The topological polar surface area (TPSA) is 40.5 Å². The molecule has 6 heavy (non-hydrogen) atoms. The highest BCUT2D eigenvalue weighted by atomic mass is 16.3. The maximum atomic E-state index is 8.06. The highest BCUT2D eigenvalue weighted by Gasteiger charge is 1.77. The average molecular weight is 89.1 g/mol. The third-order valence-electron chi connectivity index (χ3n) is 0.462. The molecule has 0 rings (SSSR count). The smallest absolute Gasteiger partial charge is 0.0463 e. The van der Waals surface area contributed by atoms with E-state index < -0.39 is 0 Å². The van der Waals surface area contributed by atoms with Gasteiger partial charge in [-0.1, -0.05) is 0 Å². The van der Waals surface area contributed by atoms with Crippen molar-refractivity contribution in [2.24, 2.45) is 0 Å². The molecular formula is C4H9O2. The normalized spacial score (nSPS) is 9.00. The van der Waals surface area contributed by atoms with Gasteiger partial charge in [-0.3, -0.25) is 0 Å². The highest BCUT2D eigenvalue weighted by Crippen LogP contribution is 1.78. The second-order valence-corrected chi connectivity index (χ2v) is 0.984. The fourth-order valence-corrected chi connectivity index (χ4v) is 0.183. The van der Waals surface area contributed by atoms with Gasteiger partial charge < -0.3 is 10.2 Å². The van der Waals surface area contributed by atoms with Gasteiger partial charge in [0.2, 0.25) is 0 Å². The lowest BCUT2D eigenvalue weighted by Gasteiger charge is -1.85. The number of unbranched alkanes of at least 4 members (excludes halogenated alkanes) is 1. The van der Waals surface area contributed by atoms with E-state index >= 15 is 0 Å². The van der Waals surface area contributed by atoms with Crippen molar-refractivity contribution >= 4 is 0 Å². The van der Waals surface area contributed by atoms with Gasteiger partial charge in [-0.15, -0.1) is 0 Å². The summed E-state index contributed by atoms with van der Waals surface area (Å²) < 4.78 is 0. The van der Waals surface area contributed by atoms with E-state index in [-0.39, 0.29) is 13.2 Å². The van der Waals surface area contributed by atoms with Crippen LogP contribution in [0.2, 0.25) is 0 Å². The molecule has 0 heterocycles. The molecule has 0 aromatic rings. The van der Waals surface area contributed by atoms with Gasteiger partial charge in [0.05, 0.1) is 0 Å². The molecule has 0 fully saturated rings. The Morgan fingerprint density at radius 1 is 1.33 bits per heavy atom. The predicted molar refractivity (Wildman–Crippen MR) is 23.1 cm³/mol. The molecule has 0 aliphatic rings. The first-order valence-electron chi connectivity index (χ1n) is 1.95. The lowest BCUT2D eigenvalue weighted by Crippen LogP contribution is -1.86. The summed E-state index contributed by atoms with van der Waals surface area (Å²) in [5, 5.41) is 16.1. The molecule has 0 aliphatic carbocycles. The van der Waals surface area contributed by atoms with E-state index in [9.17, 15) is 0 Å². The molecule has 0 unspecified atom stereocenters. The van der Waals surface area contributed by atoms with Gasteiger partial charge in [-0.25, -0.2) is 0 Å². The van der Waals surface area contributed by atoms with Gasteiger partial charge in [0, 0.05) is 13.2 Å². The molecule has 0 saturated heterocycles. The summed E-state index contributed by atoms with van der Waals surface area (Å²) in [4.78, 5) is 0. The molecule has 2 nitrogen and oxygen atoms in total. The minimum atomic E-state index is 0.0700. The molecule has 37 valence electrons. The summed E-state index contributed by atoms with van der Waals surface area (Å²) in [6.45, 7) is 0.209. The monoisotopic (exact) mass is 89.1 g/mol. The van der Waals surface area contributed by atoms with Crippen LogP contribution in [0.1, 0.15) is 6.42 Å². The summed E-state index contributed by atoms with van der Waals surface area (Å²) in [7, 11) is 0. The Kier molecular flexibility index (Phi) is 4.85. The third-order valence-corrected chi connectivity index (χ3v) is 0.462. The van der Waals surface area contributed by atoms with Crippen molar-refractivity contribution in [2.45, 2.75) is 6.42 Å². The van der Waals surface area contributed by atoms with E-state index in [4.69, 9.17) is 10.2 Å². The van der Waals surface area contributed by atoms with Crippen molar-refractivity contribution in [3.8, 4) is 0 Å². The molecule has 2 heteroatoms. The molecule has 0 amide bonds. The highest BCUT2D eigenvalue weighted by molar-refractivity contribution is 4.58. The molecule has 2 N–H and O–H groups in total. The van der Waals surface area contributed by atoms with E-state index in [1.54, 1.807) is 6.42 Å². The van der Waals surface area contributed by atoms with Gasteiger partial charge in [-0.05, 0) is 12.8 Å². The number of hydrogen-bond donors (Lipinski definition) is 2. The van der Waals surface area contributed by atoms with Crippen LogP contribution in [0.25, 0.3) is 0 Å². The Labute approximate surface area is 37.4 Å². The average Bonchev–Trinajstić information content (AvgIpc) is 1.61. The van der Waals surface area contributed by atoms with E-state index in [2.05, 4.69) is 0 Å². The summed E-state index contributed by atoms with van der Waals surface area (Å²) in [6, 6.07) is 0. The number of rotatable bonds is 3. The Morgan fingerprint density at radius 2 is 2.00 bits per heavy atom. The maximum absolute atomic E-state index is 8.06. The zero-order valence-corrected chi connectivity index (χ0v) is 3.59. The van der Waals surface area contributed by atoms with E-state index in [0.29, 0.717) is 6.42 Å². The summed E-state index contributed by atoms with van der Waals surface area (Å²) in [5.74, 6) is 0. The van der Waals surface area contributed by atoms with Crippen molar-refractivity contribution in [1.82, 2.24) is 0 Å². The summed E-state index contributed by atoms with van der Waals surface area (Å²) >= 11 is 0. The fraction of sp³-hybridized carbons (Fsp3) is 0.750. The second kappa shape index (κ2) is 4.92. The third kappa shape index (κ3) is 3.92. The lowest BCUT2D eigenvalue weighted by molar-refractivity contribution is 0.276. The van der Waals surface area contributed by atoms with Crippen LogP contribution in [0.4, 0.5) is 0 Å². The first-order valence-corrected chi connectivity index (χ1v) is 1.95. The zero-order chi connectivity index (χ0) is 4.83. The van der Waals surface area contributed by atoms with Gasteiger partial charge in [-0.2, -0.15) is 0 Å². The molecule has 0 aromatic carbocycles. The summed E-state index contributed by atoms with van der Waals surface area (Å²) in [5.41, 5.74) is 0. The first-order chi connectivity index (χ1) is 2.91. The molecule has 0 aliphatic heterocycles. The minimum absolute atomic E-state index is 0.0700. The van der Waals surface area contributed by atoms with Crippen LogP contribution in [0, 0.1) is 6.42 Å². The Hall–Kier alpha value is -0.0800. The maximum Gasteiger partial charge on any atom is 0.0463 e. The van der Waals surface area contributed by atoms with Crippen molar-refractivity contribution in [1.29, 1.82) is 0 Å². The van der Waals surface area contributed by atoms with Crippen LogP contribution in [0.15, 0.2) is 0 Å². The lowest BCUT2D eigenvalue weighted by atomic mass is 10.3. The van der Waals surface area contributed by atoms with Gasteiger partial charge in [0.25, 0.3) is 0 Å². The van der Waals surface area contributed by atoms with Crippen molar-refractivity contribution in [2.75, 3.05) is 13.2 Å². The van der Waals surface area contributed by atoms with Crippen molar-refractivity contribution < 1.29 is 10.2 Å². The van der Waals surface area contributed by atoms with Crippen LogP contribution in [0.5, 0.6) is 0 Å². The molecule has 0 saturated carbocycles. The predicted octanol–water partition coefficient (Wildman–Crippen LogP) is -0.435. The van der Waals surface area contributed by atoms with Crippen LogP contribution < -0.4 is 0 Å². The van der Waals surface area contributed by atoms with Crippen molar-refractivity contribution in [3.63, 3.8) is 0 Å². The Balaban J connectivity index is 2.34. The largest absolute Gasteiger partial charge is 0.396 e. The molecular weight excluding hydrogens is 80.0 g/mol. The first kappa shape index (κ1) is 5.92. The fourth-order valence-electron chi connectivity index (χ4n) is 0.183. The molecule has 0 aromatic heterocycles. The number of hydrogen-bond acceptors (Lipinski definition) is 2. The Bertz CT molecular complexity index is 17.5. The second-order valence-electron chi connectivity index (χ2n) is 0.984. The van der Waals surface area contributed by atoms with Crippen LogP contribution in [-0.2, 0) is 0 Å². The SMILES string of the molecule is OC[CH]CCO. The van der Waals surface area contributed by atoms with Crippen LogP contribution in [-0.4, -0.2) is 23.4 Å². The molecule has 0 atom stereocenters. The summed E-state index contributed by atoms with van der Waals surface area (Å²) in [6.07, 6.45) is 2.20. The van der Waals surface area contributed by atoms with Gasteiger partial charge in [0.15, 0.2) is 0 Å². The van der Waals surface area contributed by atoms with Crippen molar-refractivity contribution in [3.05, 3.63) is 6.42 Å². The molecule has 0 bridgehead atoms. The minimum Gasteiger partial charge on any atom is -0.396 e. The molecule has 1 radical (unpaired) electrons. The molecule has 0 spiro atoms. The number of aliphatic hydroxyl groups excluding tert-OH is 2. The van der Waals surface area contributed by atoms with E-state index in [1.807, 2.05) is 0 Å². The zero-order valence-electron chi connectivity index (χ0n) is 3.59. The van der Waals surface area contributed by atoms with Gasteiger partial charge >= 0.3 is 0 Å². The van der Waals surface area contributed by atoms with E-state index in [0.717, 1.165) is 0 Å². The quantitative estimate of drug-likeness (QED) is 0.460. The van der Waals surface area contributed by atoms with Crippen LogP contribution in [0.3, 0.4) is 0 Å². The van der Waals surface area contributed by atoms with Gasteiger partial charge in [0.1, 0.15) is 0 Å². The standard InChI is InChI=1S/C4H9O2/c5-3-1-2-4-6/h1,5-6H,2-4H2. The Morgan fingerprint density at radius 3 is 2.17 bits per heavy atom. The van der Waals surface area contributed by atoms with Crippen LogP contribution >= 0.6 is 0 Å². The van der Waals surface area contributed by atoms with E-state index in [1.165, 1.54) is 0 Å². The number of aliphatic hydroxyl groups is 2.